The zero-order chi connectivity index (χ0) is 21.4. The number of piperidine rings is 1. The minimum atomic E-state index is -0.786. The normalized spacial score (nSPS) is 23.7. The Labute approximate surface area is 175 Å². The van der Waals surface area contributed by atoms with Gasteiger partial charge in [-0.25, -0.2) is 4.79 Å². The van der Waals surface area contributed by atoms with Gasteiger partial charge in [-0.3, -0.25) is 19.3 Å². The molecule has 2 atom stereocenters. The number of nitrogens with zero attached hydrogens (tertiary/aromatic N) is 4. The lowest BCUT2D eigenvalue weighted by atomic mass is 9.91. The molecule has 0 unspecified atom stereocenters. The zero-order valence-electron chi connectivity index (χ0n) is 17.6. The first-order valence-corrected chi connectivity index (χ1v) is 10.9. The van der Waals surface area contributed by atoms with Crippen LogP contribution in [0, 0.1) is 6.92 Å². The molecule has 30 heavy (non-hydrogen) atoms. The van der Waals surface area contributed by atoms with Crippen LogP contribution in [0.25, 0.3) is 0 Å². The topological polar surface area (TPSA) is 105 Å². The standard InChI is InChI=1S/C21H29N5O4/c1-3-8-26-20(29)15(22-21(26)30)11-17(27)24-9-4-6-14(12-24)18-13(2)19(28)23-16-7-5-10-25(16)18/h14-15H,3-12H2,1-2H3,(H,22,30)/t14-,15+/m1/s1. The van der Waals surface area contributed by atoms with E-state index in [0.29, 0.717) is 31.6 Å². The van der Waals surface area contributed by atoms with E-state index in [-0.39, 0.29) is 29.7 Å². The predicted octanol–water partition coefficient (Wildman–Crippen LogP) is 0.924. The molecular formula is C21H29N5O4. The van der Waals surface area contributed by atoms with Crippen molar-refractivity contribution in [3.05, 3.63) is 27.4 Å². The average molecular weight is 415 g/mol. The molecule has 2 saturated heterocycles. The van der Waals surface area contributed by atoms with Crippen molar-refractivity contribution in [1.29, 1.82) is 0 Å². The number of rotatable bonds is 5. The van der Waals surface area contributed by atoms with Gasteiger partial charge < -0.3 is 14.8 Å². The molecule has 1 N–H and O–H groups in total. The number of amides is 4. The van der Waals surface area contributed by atoms with Crippen molar-refractivity contribution in [1.82, 2.24) is 24.7 Å². The van der Waals surface area contributed by atoms with Crippen LogP contribution in [-0.4, -0.2) is 62.9 Å². The van der Waals surface area contributed by atoms with E-state index >= 15 is 0 Å². The second-order valence-corrected chi connectivity index (χ2v) is 8.47. The molecule has 0 bridgehead atoms. The Kier molecular flexibility index (Phi) is 5.62. The molecule has 3 aliphatic rings. The molecule has 0 radical (unpaired) electrons. The first-order valence-electron chi connectivity index (χ1n) is 10.9. The van der Waals surface area contributed by atoms with E-state index in [4.69, 9.17) is 0 Å². The number of likely N-dealkylation sites (tertiary alicyclic amines) is 1. The largest absolute Gasteiger partial charge is 0.342 e. The van der Waals surface area contributed by atoms with Crippen molar-refractivity contribution < 1.29 is 14.4 Å². The van der Waals surface area contributed by atoms with E-state index in [1.165, 1.54) is 4.90 Å². The van der Waals surface area contributed by atoms with E-state index in [1.54, 1.807) is 4.90 Å². The summed E-state index contributed by atoms with van der Waals surface area (Å²) >= 11 is 0. The lowest BCUT2D eigenvalue weighted by Crippen LogP contribution is -2.44. The second kappa shape index (κ2) is 8.20. The van der Waals surface area contributed by atoms with Gasteiger partial charge in [-0.2, -0.15) is 4.98 Å². The number of urea groups is 1. The third-order valence-corrected chi connectivity index (χ3v) is 6.41. The van der Waals surface area contributed by atoms with Gasteiger partial charge in [0, 0.05) is 49.8 Å². The van der Waals surface area contributed by atoms with Gasteiger partial charge in [0.25, 0.3) is 11.5 Å². The van der Waals surface area contributed by atoms with Crippen LogP contribution in [0.5, 0.6) is 0 Å². The van der Waals surface area contributed by atoms with Crippen LogP contribution in [0.4, 0.5) is 4.79 Å². The number of imide groups is 1. The minimum absolute atomic E-state index is 0.0229. The highest BCUT2D eigenvalue weighted by molar-refractivity contribution is 6.05. The van der Waals surface area contributed by atoms with Crippen LogP contribution in [0.1, 0.15) is 62.0 Å². The fourth-order valence-corrected chi connectivity index (χ4v) is 4.96. The van der Waals surface area contributed by atoms with Gasteiger partial charge in [0.1, 0.15) is 11.9 Å². The monoisotopic (exact) mass is 415 g/mol. The molecule has 0 aliphatic carbocycles. The van der Waals surface area contributed by atoms with Crippen LogP contribution >= 0.6 is 0 Å². The summed E-state index contributed by atoms with van der Waals surface area (Å²) in [5.74, 6) is 0.477. The number of fused-ring (bicyclic) bond motifs is 1. The third kappa shape index (κ3) is 3.61. The highest BCUT2D eigenvalue weighted by Gasteiger charge is 2.40. The molecule has 3 aliphatic heterocycles. The average Bonchev–Trinajstić information content (AvgIpc) is 3.28. The Morgan fingerprint density at radius 2 is 2.00 bits per heavy atom. The van der Waals surface area contributed by atoms with Crippen LogP contribution in [0.2, 0.25) is 0 Å². The third-order valence-electron chi connectivity index (χ3n) is 6.41. The van der Waals surface area contributed by atoms with E-state index < -0.39 is 12.1 Å². The number of aryl methyl sites for hydroxylation is 1. The Balaban J connectivity index is 1.48. The van der Waals surface area contributed by atoms with Crippen molar-refractivity contribution in [3.8, 4) is 0 Å². The van der Waals surface area contributed by atoms with Crippen LogP contribution < -0.4 is 10.9 Å². The van der Waals surface area contributed by atoms with Crippen molar-refractivity contribution in [2.45, 2.75) is 70.9 Å². The Hall–Kier alpha value is -2.71. The lowest BCUT2D eigenvalue weighted by molar-refractivity contribution is -0.136. The summed E-state index contributed by atoms with van der Waals surface area (Å²) in [5.41, 5.74) is 1.52. The summed E-state index contributed by atoms with van der Waals surface area (Å²) < 4.78 is 2.17. The molecule has 162 valence electrons. The number of hydrogen-bond donors (Lipinski definition) is 1. The maximum atomic E-state index is 13.0. The fraction of sp³-hybridized carbons (Fsp3) is 0.667. The van der Waals surface area contributed by atoms with Crippen molar-refractivity contribution in [3.63, 3.8) is 0 Å². The summed E-state index contributed by atoms with van der Waals surface area (Å²) in [5, 5.41) is 2.64. The van der Waals surface area contributed by atoms with Gasteiger partial charge in [0.2, 0.25) is 5.91 Å². The van der Waals surface area contributed by atoms with Crippen molar-refractivity contribution >= 4 is 17.8 Å². The molecule has 0 spiro atoms. The quantitative estimate of drug-likeness (QED) is 0.720. The molecule has 9 nitrogen and oxygen atoms in total. The van der Waals surface area contributed by atoms with E-state index in [2.05, 4.69) is 14.9 Å². The Bertz CT molecular complexity index is 940. The van der Waals surface area contributed by atoms with Crippen molar-refractivity contribution in [2.24, 2.45) is 0 Å². The molecule has 1 aromatic heterocycles. The molecule has 0 saturated carbocycles. The molecule has 2 fully saturated rings. The molecule has 1 aromatic rings. The summed E-state index contributed by atoms with van der Waals surface area (Å²) in [4.78, 5) is 56.9. The minimum Gasteiger partial charge on any atom is -0.342 e. The summed E-state index contributed by atoms with van der Waals surface area (Å²) in [6, 6.07) is -1.20. The van der Waals surface area contributed by atoms with E-state index in [1.807, 2.05) is 13.8 Å². The number of hydrogen-bond acceptors (Lipinski definition) is 5. The highest BCUT2D eigenvalue weighted by Crippen LogP contribution is 2.31. The molecule has 4 rings (SSSR count). The number of nitrogens with one attached hydrogen (secondary N) is 1. The molecule has 4 heterocycles. The van der Waals surface area contributed by atoms with Crippen LogP contribution in [0.3, 0.4) is 0 Å². The lowest BCUT2D eigenvalue weighted by Gasteiger charge is -2.35. The van der Waals surface area contributed by atoms with Gasteiger partial charge in [-0.1, -0.05) is 6.92 Å². The first kappa shape index (κ1) is 20.6. The molecule has 9 heteroatoms. The maximum Gasteiger partial charge on any atom is 0.324 e. The summed E-state index contributed by atoms with van der Waals surface area (Å²) in [7, 11) is 0. The van der Waals surface area contributed by atoms with E-state index in [9.17, 15) is 19.2 Å². The Morgan fingerprint density at radius 3 is 2.77 bits per heavy atom. The van der Waals surface area contributed by atoms with Crippen molar-refractivity contribution in [2.75, 3.05) is 19.6 Å². The fourth-order valence-electron chi connectivity index (χ4n) is 4.96. The molecule has 0 aromatic carbocycles. The molecule has 4 amide bonds. The SMILES string of the molecule is CCCN1C(=O)N[C@@H](CC(=O)N2CCC[C@@H](c3c(C)c(=O)nc4n3CCC4)C2)C1=O. The van der Waals surface area contributed by atoms with Gasteiger partial charge in [0.15, 0.2) is 0 Å². The van der Waals surface area contributed by atoms with E-state index in [0.717, 1.165) is 43.7 Å². The number of carbonyl (C=O) groups is 3. The van der Waals surface area contributed by atoms with Gasteiger partial charge in [-0.15, -0.1) is 0 Å². The maximum absolute atomic E-state index is 13.0. The Morgan fingerprint density at radius 1 is 1.20 bits per heavy atom. The van der Waals surface area contributed by atoms with Gasteiger partial charge in [-0.05, 0) is 32.6 Å². The number of aromatic nitrogens is 2. The van der Waals surface area contributed by atoms with Crippen LogP contribution in [-0.2, 0) is 22.6 Å². The predicted molar refractivity (Wildman–Crippen MR) is 109 cm³/mol. The highest BCUT2D eigenvalue weighted by atomic mass is 16.2. The molecular weight excluding hydrogens is 386 g/mol. The van der Waals surface area contributed by atoms with Gasteiger partial charge in [0.05, 0.1) is 6.42 Å². The first-order chi connectivity index (χ1) is 14.4. The van der Waals surface area contributed by atoms with Gasteiger partial charge >= 0.3 is 6.03 Å². The van der Waals surface area contributed by atoms with Crippen LogP contribution in [0.15, 0.2) is 4.79 Å². The second-order valence-electron chi connectivity index (χ2n) is 8.47. The summed E-state index contributed by atoms with van der Waals surface area (Å²) in [6.07, 6.45) is 4.21. The summed E-state index contributed by atoms with van der Waals surface area (Å²) in [6.45, 7) is 6.10. The number of carbonyl (C=O) groups excluding carboxylic acids is 3. The smallest absolute Gasteiger partial charge is 0.324 e. The zero-order valence-corrected chi connectivity index (χ0v) is 17.6.